The molecule has 0 bridgehead atoms. The summed E-state index contributed by atoms with van der Waals surface area (Å²) in [5.74, 6) is 0. The Morgan fingerprint density at radius 2 is 1.85 bits per heavy atom. The third-order valence-electron chi connectivity index (χ3n) is 3.08. The zero-order chi connectivity index (χ0) is 15.1. The summed E-state index contributed by atoms with van der Waals surface area (Å²) < 4.78 is 9.84. The Hall–Kier alpha value is -1.89. The molecule has 0 unspecified atom stereocenters. The maximum Gasteiger partial charge on any atom is 0.332 e. The zero-order valence-electron chi connectivity index (χ0n) is 12.5. The highest BCUT2D eigenvalue weighted by molar-refractivity contribution is 5.69. The van der Waals surface area contributed by atoms with Gasteiger partial charge in [0.05, 0.1) is 18.5 Å². The van der Waals surface area contributed by atoms with Crippen molar-refractivity contribution in [2.75, 3.05) is 6.61 Å². The molecule has 0 aromatic carbocycles. The summed E-state index contributed by atoms with van der Waals surface area (Å²) in [5.41, 5.74) is -0.121. The van der Waals surface area contributed by atoms with Crippen LogP contribution in [0.1, 0.15) is 20.8 Å². The Morgan fingerprint density at radius 3 is 2.45 bits per heavy atom. The van der Waals surface area contributed by atoms with Crippen LogP contribution in [0.5, 0.6) is 0 Å². The molecule has 0 amide bonds. The van der Waals surface area contributed by atoms with Gasteiger partial charge in [0, 0.05) is 20.6 Å². The number of hydrogen-bond acceptors (Lipinski definition) is 4. The molecule has 0 atom stereocenters. The van der Waals surface area contributed by atoms with Crippen LogP contribution in [0, 0.1) is 0 Å². The van der Waals surface area contributed by atoms with Gasteiger partial charge in [-0.15, -0.1) is 0 Å². The van der Waals surface area contributed by atoms with Crippen LogP contribution in [0.4, 0.5) is 0 Å². The topological polar surface area (TPSA) is 71.0 Å². The molecule has 2 rings (SSSR count). The number of nitrogens with zero attached hydrogens (tertiary/aromatic N) is 4. The first-order chi connectivity index (χ1) is 9.22. The standard InChI is InChI=1S/C13H20N4O3/c1-13(2,3)20-7-6-17-8-14-10-9(17)11(18)16(5)12(19)15(10)4/h8H,6-7H2,1-5H3. The second-order valence-electron chi connectivity index (χ2n) is 5.78. The molecule has 0 N–H and O–H groups in total. The van der Waals surface area contributed by atoms with E-state index in [1.165, 1.54) is 11.6 Å². The molecule has 0 aliphatic carbocycles. The van der Waals surface area contributed by atoms with Gasteiger partial charge in [0.2, 0.25) is 0 Å². The first-order valence-electron chi connectivity index (χ1n) is 6.47. The molecule has 2 aromatic rings. The molecule has 0 spiro atoms. The maximum atomic E-state index is 12.2. The second-order valence-corrected chi connectivity index (χ2v) is 5.78. The van der Waals surface area contributed by atoms with Gasteiger partial charge >= 0.3 is 5.69 Å². The number of rotatable bonds is 3. The lowest BCUT2D eigenvalue weighted by molar-refractivity contribution is -0.00651. The molecule has 0 aliphatic heterocycles. The molecule has 0 saturated carbocycles. The quantitative estimate of drug-likeness (QED) is 0.808. The van der Waals surface area contributed by atoms with Gasteiger partial charge in [-0.2, -0.15) is 0 Å². The van der Waals surface area contributed by atoms with Gasteiger partial charge in [0.15, 0.2) is 11.2 Å². The third-order valence-corrected chi connectivity index (χ3v) is 3.08. The maximum absolute atomic E-state index is 12.2. The van der Waals surface area contributed by atoms with E-state index in [9.17, 15) is 9.59 Å². The van der Waals surface area contributed by atoms with Crippen molar-refractivity contribution in [1.29, 1.82) is 0 Å². The Balaban J connectivity index is 2.42. The van der Waals surface area contributed by atoms with E-state index in [-0.39, 0.29) is 16.9 Å². The summed E-state index contributed by atoms with van der Waals surface area (Å²) in [6, 6.07) is 0. The summed E-state index contributed by atoms with van der Waals surface area (Å²) in [7, 11) is 3.07. The highest BCUT2D eigenvalue weighted by Crippen LogP contribution is 2.09. The number of aryl methyl sites for hydroxylation is 1. The van der Waals surface area contributed by atoms with Crippen molar-refractivity contribution in [2.45, 2.75) is 32.9 Å². The van der Waals surface area contributed by atoms with Gasteiger partial charge in [0.1, 0.15) is 0 Å². The van der Waals surface area contributed by atoms with E-state index in [1.807, 2.05) is 20.8 Å². The van der Waals surface area contributed by atoms with Crippen LogP contribution in [-0.2, 0) is 25.4 Å². The largest absolute Gasteiger partial charge is 0.374 e. The van der Waals surface area contributed by atoms with Gasteiger partial charge in [-0.1, -0.05) is 0 Å². The Kier molecular flexibility index (Phi) is 3.56. The molecule has 2 heterocycles. The molecule has 0 aliphatic rings. The smallest absolute Gasteiger partial charge is 0.332 e. The summed E-state index contributed by atoms with van der Waals surface area (Å²) >= 11 is 0. The van der Waals surface area contributed by atoms with E-state index in [4.69, 9.17) is 4.74 Å². The van der Waals surface area contributed by atoms with E-state index in [0.717, 1.165) is 4.57 Å². The van der Waals surface area contributed by atoms with Crippen molar-refractivity contribution in [3.05, 3.63) is 27.2 Å². The lowest BCUT2D eigenvalue weighted by Crippen LogP contribution is -2.37. The van der Waals surface area contributed by atoms with E-state index in [2.05, 4.69) is 4.98 Å². The SMILES string of the molecule is Cn1c(=O)c2c(ncn2CCOC(C)(C)C)n(C)c1=O. The normalized spacial score (nSPS) is 12.2. The van der Waals surface area contributed by atoms with E-state index < -0.39 is 0 Å². The first-order valence-corrected chi connectivity index (χ1v) is 6.47. The van der Waals surface area contributed by atoms with Crippen LogP contribution in [0.25, 0.3) is 11.2 Å². The highest BCUT2D eigenvalue weighted by atomic mass is 16.5. The van der Waals surface area contributed by atoms with Crippen molar-refractivity contribution in [3.8, 4) is 0 Å². The van der Waals surface area contributed by atoms with Gasteiger partial charge in [-0.05, 0) is 20.8 Å². The fraction of sp³-hybridized carbons (Fsp3) is 0.615. The van der Waals surface area contributed by atoms with Crippen molar-refractivity contribution >= 4 is 11.2 Å². The monoisotopic (exact) mass is 280 g/mol. The van der Waals surface area contributed by atoms with Crippen molar-refractivity contribution in [2.24, 2.45) is 14.1 Å². The molecule has 0 saturated heterocycles. The van der Waals surface area contributed by atoms with Gasteiger partial charge in [-0.3, -0.25) is 13.9 Å². The summed E-state index contributed by atoms with van der Waals surface area (Å²) in [4.78, 5) is 28.2. The van der Waals surface area contributed by atoms with Crippen molar-refractivity contribution in [1.82, 2.24) is 18.7 Å². The minimum absolute atomic E-state index is 0.228. The van der Waals surface area contributed by atoms with E-state index in [0.29, 0.717) is 24.3 Å². The van der Waals surface area contributed by atoms with Crippen LogP contribution in [-0.4, -0.2) is 30.9 Å². The van der Waals surface area contributed by atoms with Gasteiger partial charge in [0.25, 0.3) is 5.56 Å². The van der Waals surface area contributed by atoms with Crippen LogP contribution in [0.3, 0.4) is 0 Å². The Labute approximate surface area is 116 Å². The van der Waals surface area contributed by atoms with Crippen LogP contribution in [0.2, 0.25) is 0 Å². The molecule has 110 valence electrons. The minimum Gasteiger partial charge on any atom is -0.374 e. The molecular weight excluding hydrogens is 260 g/mol. The fourth-order valence-electron chi connectivity index (χ4n) is 2.02. The van der Waals surface area contributed by atoms with Crippen LogP contribution < -0.4 is 11.2 Å². The third kappa shape index (κ3) is 2.53. The number of ether oxygens (including phenoxy) is 1. The number of aromatic nitrogens is 4. The molecule has 7 heteroatoms. The molecule has 7 nitrogen and oxygen atoms in total. The Bertz CT molecular complexity index is 746. The first kappa shape index (κ1) is 14.5. The van der Waals surface area contributed by atoms with Gasteiger partial charge in [-0.25, -0.2) is 9.78 Å². The number of fused-ring (bicyclic) bond motifs is 1. The van der Waals surface area contributed by atoms with E-state index in [1.54, 1.807) is 17.9 Å². The van der Waals surface area contributed by atoms with Crippen LogP contribution in [0.15, 0.2) is 15.9 Å². The van der Waals surface area contributed by atoms with Gasteiger partial charge < -0.3 is 9.30 Å². The predicted molar refractivity (Wildman–Crippen MR) is 75.9 cm³/mol. The molecule has 2 aromatic heterocycles. The summed E-state index contributed by atoms with van der Waals surface area (Å²) in [6.45, 7) is 6.91. The zero-order valence-corrected chi connectivity index (χ0v) is 12.5. The van der Waals surface area contributed by atoms with Crippen molar-refractivity contribution in [3.63, 3.8) is 0 Å². The predicted octanol–water partition coefficient (Wildman–Crippen LogP) is 0.249. The average molecular weight is 280 g/mol. The molecule has 0 radical (unpaired) electrons. The minimum atomic E-state index is -0.376. The second kappa shape index (κ2) is 4.90. The summed E-state index contributed by atoms with van der Waals surface area (Å²) in [5, 5.41) is 0. The van der Waals surface area contributed by atoms with E-state index >= 15 is 0 Å². The average Bonchev–Trinajstić information content (AvgIpc) is 2.76. The highest BCUT2D eigenvalue weighted by Gasteiger charge is 2.15. The lowest BCUT2D eigenvalue weighted by atomic mass is 10.2. The molecule has 20 heavy (non-hydrogen) atoms. The molecular formula is C13H20N4O3. The fourth-order valence-corrected chi connectivity index (χ4v) is 2.02. The molecule has 0 fully saturated rings. The number of hydrogen-bond donors (Lipinski definition) is 0. The number of imidazole rings is 1. The van der Waals surface area contributed by atoms with Crippen LogP contribution >= 0.6 is 0 Å². The Morgan fingerprint density at radius 1 is 1.20 bits per heavy atom. The lowest BCUT2D eigenvalue weighted by Gasteiger charge is -2.19. The summed E-state index contributed by atoms with van der Waals surface area (Å²) in [6.07, 6.45) is 1.57. The van der Waals surface area contributed by atoms with Crippen molar-refractivity contribution < 1.29 is 4.74 Å².